The topological polar surface area (TPSA) is 44.8 Å². The summed E-state index contributed by atoms with van der Waals surface area (Å²) in [5.74, 6) is 0.168. The minimum atomic E-state index is -0.212. The Labute approximate surface area is 151 Å². The van der Waals surface area contributed by atoms with Gasteiger partial charge in [0.05, 0.1) is 12.7 Å². The number of morpholine rings is 1. The van der Waals surface area contributed by atoms with Gasteiger partial charge in [-0.2, -0.15) is 0 Å². The van der Waals surface area contributed by atoms with E-state index in [0.29, 0.717) is 18.7 Å². The molecular weight excluding hydrogens is 314 g/mol. The van der Waals surface area contributed by atoms with Gasteiger partial charge < -0.3 is 15.0 Å². The van der Waals surface area contributed by atoms with E-state index in [1.54, 1.807) is 0 Å². The second kappa shape index (κ2) is 8.30. The van der Waals surface area contributed by atoms with E-state index in [2.05, 4.69) is 47.5 Å². The van der Waals surface area contributed by atoms with E-state index in [9.17, 15) is 4.79 Å². The van der Waals surface area contributed by atoms with Gasteiger partial charge in [0.15, 0.2) is 0 Å². The number of likely N-dealkylation sites (tertiary alicyclic amines) is 1. The summed E-state index contributed by atoms with van der Waals surface area (Å²) >= 11 is 0. The molecule has 0 radical (unpaired) electrons. The minimum Gasteiger partial charge on any atom is -0.375 e. The summed E-state index contributed by atoms with van der Waals surface area (Å²) in [6, 6.07) is 11.2. The van der Waals surface area contributed by atoms with Crippen molar-refractivity contribution in [3.63, 3.8) is 0 Å². The molecule has 0 bridgehead atoms. The Bertz CT molecular complexity index is 565. The van der Waals surface area contributed by atoms with Crippen LogP contribution in [0.4, 0.5) is 0 Å². The van der Waals surface area contributed by atoms with Crippen molar-refractivity contribution in [3.05, 3.63) is 35.9 Å². The molecule has 1 N–H and O–H groups in total. The highest BCUT2D eigenvalue weighted by Crippen LogP contribution is 2.24. The van der Waals surface area contributed by atoms with Gasteiger partial charge in [0.25, 0.3) is 0 Å². The Morgan fingerprint density at radius 2 is 2.08 bits per heavy atom. The number of nitrogens with one attached hydrogen (secondary N) is 1. The molecular formula is C20H31N3O2. The molecule has 2 fully saturated rings. The predicted octanol–water partition coefficient (Wildman–Crippen LogP) is 1.87. The van der Waals surface area contributed by atoms with Crippen LogP contribution in [0, 0.1) is 0 Å². The molecule has 3 rings (SSSR count). The number of benzene rings is 1. The summed E-state index contributed by atoms with van der Waals surface area (Å²) in [5, 5.41) is 3.31. The zero-order chi connectivity index (χ0) is 17.8. The maximum Gasteiger partial charge on any atom is 0.242 e. The number of carbonyl (C=O) groups excluding carboxylic acids is 1. The summed E-state index contributed by atoms with van der Waals surface area (Å²) < 4.78 is 5.64. The number of ether oxygens (including phenoxy) is 1. The molecule has 2 unspecified atom stereocenters. The normalized spacial score (nSPS) is 30.8. The number of amides is 1. The fourth-order valence-corrected chi connectivity index (χ4v) is 4.01. The van der Waals surface area contributed by atoms with E-state index in [-0.39, 0.29) is 18.1 Å². The summed E-state index contributed by atoms with van der Waals surface area (Å²) in [7, 11) is 1.95. The van der Waals surface area contributed by atoms with Crippen LogP contribution < -0.4 is 5.32 Å². The summed E-state index contributed by atoms with van der Waals surface area (Å²) in [6.07, 6.45) is 2.00. The molecule has 2 aliphatic rings. The maximum atomic E-state index is 12.9. The molecule has 5 nitrogen and oxygen atoms in total. The van der Waals surface area contributed by atoms with Crippen molar-refractivity contribution in [1.82, 2.24) is 15.1 Å². The van der Waals surface area contributed by atoms with Crippen molar-refractivity contribution in [2.75, 3.05) is 26.7 Å². The van der Waals surface area contributed by atoms with Crippen LogP contribution in [0.1, 0.15) is 32.3 Å². The van der Waals surface area contributed by atoms with Gasteiger partial charge in [-0.15, -0.1) is 0 Å². The third kappa shape index (κ3) is 4.40. The van der Waals surface area contributed by atoms with E-state index < -0.39 is 0 Å². The zero-order valence-corrected chi connectivity index (χ0v) is 15.6. The molecule has 2 aliphatic heterocycles. The lowest BCUT2D eigenvalue weighted by Gasteiger charge is -2.42. The molecule has 4 atom stereocenters. The fraction of sp³-hybridized carbons (Fsp3) is 0.650. The van der Waals surface area contributed by atoms with Crippen molar-refractivity contribution in [2.24, 2.45) is 0 Å². The molecule has 0 aromatic heterocycles. The van der Waals surface area contributed by atoms with Crippen LogP contribution in [-0.2, 0) is 16.1 Å². The first-order chi connectivity index (χ1) is 12.1. The highest BCUT2D eigenvalue weighted by Gasteiger charge is 2.35. The maximum absolute atomic E-state index is 12.9. The van der Waals surface area contributed by atoms with Crippen LogP contribution in [0.5, 0.6) is 0 Å². The smallest absolute Gasteiger partial charge is 0.242 e. The van der Waals surface area contributed by atoms with Crippen molar-refractivity contribution in [2.45, 2.75) is 57.5 Å². The first kappa shape index (κ1) is 18.4. The van der Waals surface area contributed by atoms with E-state index in [0.717, 1.165) is 32.5 Å². The average molecular weight is 345 g/mol. The Hall–Kier alpha value is -1.43. The number of hydrogen-bond donors (Lipinski definition) is 1. The third-order valence-corrected chi connectivity index (χ3v) is 5.69. The van der Waals surface area contributed by atoms with E-state index in [1.807, 2.05) is 18.9 Å². The fourth-order valence-electron chi connectivity index (χ4n) is 4.01. The van der Waals surface area contributed by atoms with Gasteiger partial charge in [0.2, 0.25) is 5.91 Å². The van der Waals surface area contributed by atoms with Crippen molar-refractivity contribution < 1.29 is 9.53 Å². The van der Waals surface area contributed by atoms with Crippen molar-refractivity contribution in [3.8, 4) is 0 Å². The van der Waals surface area contributed by atoms with Gasteiger partial charge in [-0.05, 0) is 32.3 Å². The van der Waals surface area contributed by atoms with Crippen LogP contribution in [0.2, 0.25) is 0 Å². The number of nitrogens with zero attached hydrogens (tertiary/aromatic N) is 2. The lowest BCUT2D eigenvalue weighted by atomic mass is 9.95. The largest absolute Gasteiger partial charge is 0.375 e. The minimum absolute atomic E-state index is 0.0562. The molecule has 1 aromatic carbocycles. The second-order valence-electron chi connectivity index (χ2n) is 7.44. The molecule has 1 amide bonds. The van der Waals surface area contributed by atoms with Crippen molar-refractivity contribution >= 4 is 5.91 Å². The SMILES string of the molecule is CC1CC(N(C)C(=O)[C@H]2NCCO[C@@H]2C)CCN1Cc1ccccc1. The Kier molecular flexibility index (Phi) is 6.10. The van der Waals surface area contributed by atoms with Crippen LogP contribution in [0.3, 0.4) is 0 Å². The quantitative estimate of drug-likeness (QED) is 0.905. The number of hydrogen-bond acceptors (Lipinski definition) is 4. The molecule has 2 heterocycles. The molecule has 2 saturated heterocycles. The lowest BCUT2D eigenvalue weighted by molar-refractivity contribution is -0.141. The standard InChI is InChI=1S/C20H31N3O2/c1-15-13-18(9-11-23(15)14-17-7-5-4-6-8-17)22(3)20(24)19-16(2)25-12-10-21-19/h4-8,15-16,18-19,21H,9-14H2,1-3H3/t15?,16-,18?,19+/m1/s1. The van der Waals surface area contributed by atoms with Gasteiger partial charge >= 0.3 is 0 Å². The molecule has 0 saturated carbocycles. The second-order valence-corrected chi connectivity index (χ2v) is 7.44. The molecule has 0 spiro atoms. The van der Waals surface area contributed by atoms with E-state index >= 15 is 0 Å². The first-order valence-corrected chi connectivity index (χ1v) is 9.46. The third-order valence-electron chi connectivity index (χ3n) is 5.69. The predicted molar refractivity (Wildman–Crippen MR) is 99.3 cm³/mol. The monoisotopic (exact) mass is 345 g/mol. The van der Waals surface area contributed by atoms with Crippen LogP contribution in [0.25, 0.3) is 0 Å². The number of rotatable bonds is 4. The van der Waals surface area contributed by atoms with Gasteiger partial charge in [-0.25, -0.2) is 0 Å². The lowest BCUT2D eigenvalue weighted by Crippen LogP contribution is -2.58. The molecule has 138 valence electrons. The number of carbonyl (C=O) groups is 1. The molecule has 25 heavy (non-hydrogen) atoms. The highest BCUT2D eigenvalue weighted by molar-refractivity contribution is 5.82. The Balaban J connectivity index is 1.55. The van der Waals surface area contributed by atoms with Gasteiger partial charge in [-0.1, -0.05) is 30.3 Å². The Morgan fingerprint density at radius 1 is 1.32 bits per heavy atom. The van der Waals surface area contributed by atoms with Gasteiger partial charge in [-0.3, -0.25) is 9.69 Å². The van der Waals surface area contributed by atoms with Crippen LogP contribution in [-0.4, -0.2) is 66.7 Å². The molecule has 1 aromatic rings. The van der Waals surface area contributed by atoms with E-state index in [4.69, 9.17) is 4.74 Å². The van der Waals surface area contributed by atoms with Gasteiger partial charge in [0, 0.05) is 38.8 Å². The number of likely N-dealkylation sites (N-methyl/N-ethyl adjacent to an activating group) is 1. The zero-order valence-electron chi connectivity index (χ0n) is 15.6. The Morgan fingerprint density at radius 3 is 2.76 bits per heavy atom. The van der Waals surface area contributed by atoms with Crippen molar-refractivity contribution in [1.29, 1.82) is 0 Å². The highest BCUT2D eigenvalue weighted by atomic mass is 16.5. The van der Waals surface area contributed by atoms with Gasteiger partial charge in [0.1, 0.15) is 6.04 Å². The van der Waals surface area contributed by atoms with E-state index in [1.165, 1.54) is 5.56 Å². The average Bonchev–Trinajstić information content (AvgIpc) is 2.63. The van der Waals surface area contributed by atoms with Crippen LogP contribution >= 0.6 is 0 Å². The van der Waals surface area contributed by atoms with Crippen LogP contribution in [0.15, 0.2) is 30.3 Å². The first-order valence-electron chi connectivity index (χ1n) is 9.46. The summed E-state index contributed by atoms with van der Waals surface area (Å²) in [5.41, 5.74) is 1.36. The summed E-state index contributed by atoms with van der Waals surface area (Å²) in [6.45, 7) is 7.71. The molecule has 0 aliphatic carbocycles. The summed E-state index contributed by atoms with van der Waals surface area (Å²) in [4.78, 5) is 17.3. The molecule has 5 heteroatoms. The number of piperidine rings is 1.